The first-order chi connectivity index (χ1) is 12.0. The molecule has 3 heteroatoms. The van der Waals surface area contributed by atoms with Crippen LogP contribution >= 0.6 is 0 Å². The summed E-state index contributed by atoms with van der Waals surface area (Å²) in [4.78, 5) is 13.9. The first-order valence-corrected chi connectivity index (χ1v) is 10.2. The maximum absolute atomic E-state index is 11.4. The van der Waals surface area contributed by atoms with E-state index in [9.17, 15) is 4.79 Å². The zero-order valence-corrected chi connectivity index (χ0v) is 16.7. The smallest absolute Gasteiger partial charge is 0.221 e. The Hall–Kier alpha value is -1.51. The lowest BCUT2D eigenvalue weighted by molar-refractivity contribution is -0.114. The van der Waals surface area contributed by atoms with Crippen molar-refractivity contribution in [3.63, 3.8) is 0 Å². The van der Waals surface area contributed by atoms with E-state index in [-0.39, 0.29) is 11.3 Å². The minimum atomic E-state index is -0.00302. The number of nitrogens with zero attached hydrogens (tertiary/aromatic N) is 1. The van der Waals surface area contributed by atoms with Gasteiger partial charge in [-0.05, 0) is 30.5 Å². The molecule has 0 bridgehead atoms. The van der Waals surface area contributed by atoms with Gasteiger partial charge in [-0.1, -0.05) is 65.4 Å². The number of hydrogen-bond donors (Lipinski definition) is 1. The number of benzene rings is 1. The Bertz CT molecular complexity index is 569. The van der Waals surface area contributed by atoms with Gasteiger partial charge < -0.3 is 10.2 Å². The van der Waals surface area contributed by atoms with Crippen LogP contribution in [0.3, 0.4) is 0 Å². The summed E-state index contributed by atoms with van der Waals surface area (Å²) in [5.41, 5.74) is 3.95. The molecule has 25 heavy (non-hydrogen) atoms. The maximum atomic E-state index is 11.4. The van der Waals surface area contributed by atoms with Crippen molar-refractivity contribution < 1.29 is 4.79 Å². The zero-order valence-electron chi connectivity index (χ0n) is 16.7. The van der Waals surface area contributed by atoms with Gasteiger partial charge in [0.2, 0.25) is 5.91 Å². The molecule has 140 valence electrons. The van der Waals surface area contributed by atoms with Crippen LogP contribution < -0.4 is 10.2 Å². The molecule has 2 rings (SSSR count). The molecule has 1 atom stereocenters. The lowest BCUT2D eigenvalue weighted by Crippen LogP contribution is -2.31. The molecule has 3 nitrogen and oxygen atoms in total. The molecule has 1 amide bonds. The molecule has 0 aromatic heterocycles. The predicted octanol–water partition coefficient (Wildman–Crippen LogP) is 5.88. The molecule has 0 radical (unpaired) electrons. The fraction of sp³-hybridized carbons (Fsp3) is 0.682. The van der Waals surface area contributed by atoms with E-state index < -0.39 is 0 Å². The van der Waals surface area contributed by atoms with E-state index in [1.54, 1.807) is 6.92 Å². The normalized spacial score (nSPS) is 19.1. The summed E-state index contributed by atoms with van der Waals surface area (Å²) >= 11 is 0. The third-order valence-electron chi connectivity index (χ3n) is 5.46. The van der Waals surface area contributed by atoms with Gasteiger partial charge in [0, 0.05) is 36.8 Å². The molecule has 0 saturated heterocycles. The summed E-state index contributed by atoms with van der Waals surface area (Å²) < 4.78 is 0. The van der Waals surface area contributed by atoms with E-state index >= 15 is 0 Å². The summed E-state index contributed by atoms with van der Waals surface area (Å²) in [6.07, 6.45) is 10.4. The fourth-order valence-corrected chi connectivity index (χ4v) is 4.06. The number of hydrogen-bond acceptors (Lipinski definition) is 2. The first-order valence-electron chi connectivity index (χ1n) is 10.2. The van der Waals surface area contributed by atoms with Gasteiger partial charge in [-0.15, -0.1) is 0 Å². The fourth-order valence-electron chi connectivity index (χ4n) is 4.06. The zero-order chi connectivity index (χ0) is 18.3. The quantitative estimate of drug-likeness (QED) is 0.537. The van der Waals surface area contributed by atoms with Crippen LogP contribution in [0.4, 0.5) is 11.4 Å². The minimum Gasteiger partial charge on any atom is -0.370 e. The van der Waals surface area contributed by atoms with E-state index in [1.165, 1.54) is 62.6 Å². The standard InChI is InChI=1S/C22H36N2O/c1-5-7-9-10-11-14-22(4)17-24(15-8-6-2)21-16-19(23-18(3)25)12-13-20(21)22/h12-13,16H,5-11,14-15,17H2,1-4H3,(H,23,25). The lowest BCUT2D eigenvalue weighted by Gasteiger charge is -2.26. The van der Waals surface area contributed by atoms with Crippen molar-refractivity contribution in [1.82, 2.24) is 0 Å². The molecule has 1 N–H and O–H groups in total. The van der Waals surface area contributed by atoms with E-state index in [4.69, 9.17) is 0 Å². The number of carbonyl (C=O) groups excluding carboxylic acids is 1. The lowest BCUT2D eigenvalue weighted by atomic mass is 9.79. The average molecular weight is 345 g/mol. The second-order valence-corrected chi connectivity index (χ2v) is 7.91. The number of nitrogens with one attached hydrogen (secondary N) is 1. The molecule has 0 saturated carbocycles. The summed E-state index contributed by atoms with van der Waals surface area (Å²) in [7, 11) is 0. The average Bonchev–Trinajstić information content (AvgIpc) is 2.84. The number of rotatable bonds is 10. The van der Waals surface area contributed by atoms with Gasteiger partial charge in [0.1, 0.15) is 0 Å². The molecule has 0 aliphatic carbocycles. The van der Waals surface area contributed by atoms with Gasteiger partial charge >= 0.3 is 0 Å². The Kier molecular flexibility index (Phi) is 7.34. The van der Waals surface area contributed by atoms with Gasteiger partial charge in [0.05, 0.1) is 0 Å². The van der Waals surface area contributed by atoms with Gasteiger partial charge in [-0.2, -0.15) is 0 Å². The first kappa shape index (κ1) is 19.8. The van der Waals surface area contributed by atoms with Crippen LogP contribution in [-0.4, -0.2) is 19.0 Å². The molecule has 1 unspecified atom stereocenters. The van der Waals surface area contributed by atoms with Crippen LogP contribution in [0.1, 0.15) is 84.6 Å². The van der Waals surface area contributed by atoms with E-state index in [1.807, 2.05) is 0 Å². The molecule has 0 spiro atoms. The number of fused-ring (bicyclic) bond motifs is 1. The van der Waals surface area contributed by atoms with Crippen molar-refractivity contribution in [2.45, 2.75) is 84.5 Å². The highest BCUT2D eigenvalue weighted by Gasteiger charge is 2.38. The van der Waals surface area contributed by atoms with Crippen LogP contribution in [0.15, 0.2) is 18.2 Å². The molecule has 1 aromatic carbocycles. The van der Waals surface area contributed by atoms with E-state index in [2.05, 4.69) is 49.2 Å². The van der Waals surface area contributed by atoms with Crippen molar-refractivity contribution in [3.05, 3.63) is 23.8 Å². The third kappa shape index (κ3) is 5.23. The minimum absolute atomic E-state index is 0.00302. The van der Waals surface area contributed by atoms with Crippen molar-refractivity contribution in [3.8, 4) is 0 Å². The topological polar surface area (TPSA) is 32.3 Å². The highest BCUT2D eigenvalue weighted by atomic mass is 16.1. The summed E-state index contributed by atoms with van der Waals surface area (Å²) in [6, 6.07) is 6.49. The van der Waals surface area contributed by atoms with Crippen LogP contribution in [0.2, 0.25) is 0 Å². The number of carbonyl (C=O) groups is 1. The Morgan fingerprint density at radius 1 is 1.12 bits per heavy atom. The van der Waals surface area contributed by atoms with Gasteiger partial charge in [0.15, 0.2) is 0 Å². The van der Waals surface area contributed by atoms with Gasteiger partial charge in [-0.25, -0.2) is 0 Å². The summed E-state index contributed by atoms with van der Waals surface area (Å²) in [5, 5.41) is 2.94. The Balaban J connectivity index is 2.14. The van der Waals surface area contributed by atoms with Crippen molar-refractivity contribution >= 4 is 17.3 Å². The van der Waals surface area contributed by atoms with Crippen molar-refractivity contribution in [2.24, 2.45) is 0 Å². The van der Waals surface area contributed by atoms with Gasteiger partial charge in [-0.3, -0.25) is 4.79 Å². The van der Waals surface area contributed by atoms with Crippen LogP contribution in [0.5, 0.6) is 0 Å². The van der Waals surface area contributed by atoms with E-state index in [0.717, 1.165) is 18.8 Å². The SMILES string of the molecule is CCCCCCCC1(C)CN(CCCC)c2cc(NC(C)=O)ccc21. The Morgan fingerprint density at radius 2 is 1.84 bits per heavy atom. The Morgan fingerprint density at radius 3 is 2.52 bits per heavy atom. The molecule has 1 aliphatic rings. The van der Waals surface area contributed by atoms with Gasteiger partial charge in [0.25, 0.3) is 0 Å². The number of anilines is 2. The highest BCUT2D eigenvalue weighted by Crippen LogP contribution is 2.45. The second-order valence-electron chi connectivity index (χ2n) is 7.91. The molecular formula is C22H36N2O. The maximum Gasteiger partial charge on any atom is 0.221 e. The molecule has 0 fully saturated rings. The van der Waals surface area contributed by atoms with Crippen LogP contribution in [0.25, 0.3) is 0 Å². The third-order valence-corrected chi connectivity index (χ3v) is 5.46. The van der Waals surface area contributed by atoms with Crippen LogP contribution in [-0.2, 0) is 10.2 Å². The second kappa shape index (κ2) is 9.26. The predicted molar refractivity (Wildman–Crippen MR) is 109 cm³/mol. The molecule has 1 aliphatic heterocycles. The summed E-state index contributed by atoms with van der Waals surface area (Å²) in [6.45, 7) is 10.7. The number of amides is 1. The van der Waals surface area contributed by atoms with E-state index in [0.29, 0.717) is 0 Å². The highest BCUT2D eigenvalue weighted by molar-refractivity contribution is 5.89. The van der Waals surface area contributed by atoms with Crippen molar-refractivity contribution in [2.75, 3.05) is 23.3 Å². The Labute approximate surface area is 154 Å². The summed E-state index contributed by atoms with van der Waals surface area (Å²) in [5.74, 6) is -0.00302. The van der Waals surface area contributed by atoms with Crippen molar-refractivity contribution in [1.29, 1.82) is 0 Å². The largest absolute Gasteiger partial charge is 0.370 e. The monoisotopic (exact) mass is 344 g/mol. The number of unbranched alkanes of at least 4 members (excludes halogenated alkanes) is 5. The molecule has 1 heterocycles. The molecule has 1 aromatic rings. The molecular weight excluding hydrogens is 308 g/mol. The van der Waals surface area contributed by atoms with Crippen LogP contribution in [0, 0.1) is 0 Å².